The summed E-state index contributed by atoms with van der Waals surface area (Å²) < 4.78 is 2.47. The number of hydrogen-bond acceptors (Lipinski definition) is 1. The van der Waals surface area contributed by atoms with E-state index in [4.69, 9.17) is 35.4 Å². The number of nitrogens with one attached hydrogen (secondary N) is 1. The van der Waals surface area contributed by atoms with Crippen molar-refractivity contribution in [3.63, 3.8) is 0 Å². The van der Waals surface area contributed by atoms with Gasteiger partial charge >= 0.3 is 0 Å². The van der Waals surface area contributed by atoms with E-state index >= 15 is 0 Å². The first-order valence-electron chi connectivity index (χ1n) is 4.73. The van der Waals surface area contributed by atoms with Crippen molar-refractivity contribution in [1.29, 1.82) is 0 Å². The largest absolute Gasteiger partial charge is 0.337 e. The molecule has 2 aromatic rings. The predicted molar refractivity (Wildman–Crippen MR) is 70.4 cm³/mol. The number of aromatic nitrogens is 2. The summed E-state index contributed by atoms with van der Waals surface area (Å²) in [7, 11) is 0. The van der Waals surface area contributed by atoms with Crippen molar-refractivity contribution in [3.8, 4) is 5.69 Å². The summed E-state index contributed by atoms with van der Waals surface area (Å²) in [5.41, 5.74) is 2.75. The minimum atomic E-state index is 0.610. The Morgan fingerprint density at radius 3 is 2.44 bits per heavy atom. The van der Waals surface area contributed by atoms with Gasteiger partial charge in [0.15, 0.2) is 4.77 Å². The van der Waals surface area contributed by atoms with Gasteiger partial charge in [-0.15, -0.1) is 0 Å². The number of aromatic amines is 1. The topological polar surface area (TPSA) is 20.7 Å². The summed E-state index contributed by atoms with van der Waals surface area (Å²) in [5.74, 6) is 0. The van der Waals surface area contributed by atoms with Gasteiger partial charge in [0, 0.05) is 16.9 Å². The third-order valence-corrected chi connectivity index (χ3v) is 3.44. The second kappa shape index (κ2) is 4.24. The van der Waals surface area contributed by atoms with Crippen molar-refractivity contribution in [1.82, 2.24) is 9.55 Å². The number of H-pyrrole nitrogens is 1. The van der Waals surface area contributed by atoms with Gasteiger partial charge in [0.25, 0.3) is 0 Å². The highest BCUT2D eigenvalue weighted by Crippen LogP contribution is 2.28. The normalized spacial score (nSPS) is 10.8. The molecule has 0 amide bonds. The van der Waals surface area contributed by atoms with Crippen LogP contribution >= 0.6 is 35.4 Å². The number of imidazole rings is 1. The van der Waals surface area contributed by atoms with E-state index in [0.29, 0.717) is 14.8 Å². The van der Waals surface area contributed by atoms with Gasteiger partial charge in [0.2, 0.25) is 0 Å². The van der Waals surface area contributed by atoms with Gasteiger partial charge < -0.3 is 4.98 Å². The lowest BCUT2D eigenvalue weighted by molar-refractivity contribution is 0.984. The molecule has 5 heteroatoms. The summed E-state index contributed by atoms with van der Waals surface area (Å²) in [6.07, 6.45) is 1.84. The van der Waals surface area contributed by atoms with E-state index < -0.39 is 0 Å². The molecule has 1 aromatic carbocycles. The van der Waals surface area contributed by atoms with E-state index in [-0.39, 0.29) is 0 Å². The summed E-state index contributed by atoms with van der Waals surface area (Å²) in [5, 5.41) is 1.32. The maximum Gasteiger partial charge on any atom is 0.182 e. The molecule has 0 spiro atoms. The molecule has 0 unspecified atom stereocenters. The Morgan fingerprint density at radius 1 is 1.19 bits per heavy atom. The molecule has 1 aromatic heterocycles. The lowest BCUT2D eigenvalue weighted by atomic mass is 10.2. The zero-order chi connectivity index (χ0) is 11.9. The third kappa shape index (κ3) is 1.90. The molecule has 0 aliphatic carbocycles. The van der Waals surface area contributed by atoms with E-state index in [1.54, 1.807) is 0 Å². The molecule has 2 rings (SSSR count). The van der Waals surface area contributed by atoms with Gasteiger partial charge in [-0.05, 0) is 43.8 Å². The number of hydrogen-bond donors (Lipinski definition) is 1. The van der Waals surface area contributed by atoms with Gasteiger partial charge in [-0.3, -0.25) is 4.57 Å². The molecule has 0 bridgehead atoms. The van der Waals surface area contributed by atoms with Crippen molar-refractivity contribution >= 4 is 35.4 Å². The molecule has 0 aliphatic heterocycles. The van der Waals surface area contributed by atoms with E-state index in [0.717, 1.165) is 16.9 Å². The number of rotatable bonds is 1. The number of benzene rings is 1. The highest BCUT2D eigenvalue weighted by molar-refractivity contribution is 7.71. The third-order valence-electron chi connectivity index (χ3n) is 2.43. The second-order valence-corrected chi connectivity index (χ2v) is 4.82. The highest BCUT2D eigenvalue weighted by Gasteiger charge is 2.09. The van der Waals surface area contributed by atoms with Gasteiger partial charge in [-0.2, -0.15) is 0 Å². The molecule has 2 nitrogen and oxygen atoms in total. The van der Waals surface area contributed by atoms with Crippen LogP contribution in [0.1, 0.15) is 11.3 Å². The molecule has 0 aliphatic rings. The van der Waals surface area contributed by atoms with Crippen LogP contribution in [0.4, 0.5) is 0 Å². The van der Waals surface area contributed by atoms with E-state index in [1.165, 1.54) is 0 Å². The minimum Gasteiger partial charge on any atom is -0.337 e. The van der Waals surface area contributed by atoms with Crippen LogP contribution in [0.15, 0.2) is 18.3 Å². The standard InChI is InChI=1S/C11H10Cl2N2S/c1-6-3-9(13)10(4-8(6)12)15-7(2)5-14-11(15)16/h3-5H,1-2H3,(H,14,16). The van der Waals surface area contributed by atoms with E-state index in [2.05, 4.69) is 4.98 Å². The van der Waals surface area contributed by atoms with Crippen molar-refractivity contribution in [2.24, 2.45) is 0 Å². The lowest BCUT2D eigenvalue weighted by Crippen LogP contribution is -1.98. The molecular weight excluding hydrogens is 263 g/mol. The van der Waals surface area contributed by atoms with Crippen LogP contribution in [0.5, 0.6) is 0 Å². The van der Waals surface area contributed by atoms with E-state index in [1.807, 2.05) is 36.7 Å². The van der Waals surface area contributed by atoms with Crippen LogP contribution in [0.2, 0.25) is 10.0 Å². The molecular formula is C11H10Cl2N2S. The maximum absolute atomic E-state index is 6.20. The summed E-state index contributed by atoms with van der Waals surface area (Å²) in [6, 6.07) is 3.67. The number of halogens is 2. The van der Waals surface area contributed by atoms with Crippen molar-refractivity contribution < 1.29 is 0 Å². The first kappa shape index (κ1) is 11.7. The number of aryl methyl sites for hydroxylation is 2. The van der Waals surface area contributed by atoms with Gasteiger partial charge in [-0.25, -0.2) is 0 Å². The van der Waals surface area contributed by atoms with Crippen LogP contribution in [-0.4, -0.2) is 9.55 Å². The van der Waals surface area contributed by atoms with Crippen LogP contribution in [0.25, 0.3) is 5.69 Å². The average Bonchev–Trinajstić information content (AvgIpc) is 2.53. The Kier molecular flexibility index (Phi) is 3.10. The molecule has 0 fully saturated rings. The average molecular weight is 273 g/mol. The first-order chi connectivity index (χ1) is 7.50. The monoisotopic (exact) mass is 272 g/mol. The van der Waals surface area contributed by atoms with Gasteiger partial charge in [0.05, 0.1) is 10.7 Å². The number of nitrogens with zero attached hydrogens (tertiary/aromatic N) is 1. The Morgan fingerprint density at radius 2 is 1.88 bits per heavy atom. The van der Waals surface area contributed by atoms with Crippen molar-refractivity contribution in [2.45, 2.75) is 13.8 Å². The summed E-state index contributed by atoms with van der Waals surface area (Å²) >= 11 is 17.5. The SMILES string of the molecule is Cc1cc(Cl)c(-n2c(C)c[nH]c2=S)cc1Cl. The molecule has 0 radical (unpaired) electrons. The molecule has 84 valence electrons. The fourth-order valence-electron chi connectivity index (χ4n) is 1.56. The highest BCUT2D eigenvalue weighted by atomic mass is 35.5. The first-order valence-corrected chi connectivity index (χ1v) is 5.90. The maximum atomic E-state index is 6.20. The van der Waals surface area contributed by atoms with Crippen LogP contribution in [0, 0.1) is 18.6 Å². The molecule has 0 saturated carbocycles. The van der Waals surface area contributed by atoms with Crippen molar-refractivity contribution in [3.05, 3.63) is 44.4 Å². The van der Waals surface area contributed by atoms with Gasteiger partial charge in [0.1, 0.15) is 0 Å². The smallest absolute Gasteiger partial charge is 0.182 e. The Balaban J connectivity index is 2.74. The quantitative estimate of drug-likeness (QED) is 0.761. The van der Waals surface area contributed by atoms with Crippen LogP contribution in [-0.2, 0) is 0 Å². The zero-order valence-corrected chi connectivity index (χ0v) is 11.2. The molecule has 1 heterocycles. The molecule has 0 atom stereocenters. The fourth-order valence-corrected chi connectivity index (χ4v) is 2.32. The van der Waals surface area contributed by atoms with Crippen LogP contribution < -0.4 is 0 Å². The molecule has 16 heavy (non-hydrogen) atoms. The Hall–Kier alpha value is -0.770. The summed E-state index contributed by atoms with van der Waals surface area (Å²) in [4.78, 5) is 2.97. The predicted octanol–water partition coefficient (Wildman–Crippen LogP) is 4.46. The van der Waals surface area contributed by atoms with Crippen molar-refractivity contribution in [2.75, 3.05) is 0 Å². The molecule has 1 N–H and O–H groups in total. The second-order valence-electron chi connectivity index (χ2n) is 3.62. The fraction of sp³-hybridized carbons (Fsp3) is 0.182. The Bertz CT molecular complexity index is 599. The minimum absolute atomic E-state index is 0.610. The lowest BCUT2D eigenvalue weighted by Gasteiger charge is -2.09. The van der Waals surface area contributed by atoms with Crippen LogP contribution in [0.3, 0.4) is 0 Å². The molecule has 0 saturated heterocycles. The Labute approximate surface area is 109 Å². The summed E-state index contributed by atoms with van der Waals surface area (Å²) in [6.45, 7) is 3.87. The zero-order valence-electron chi connectivity index (χ0n) is 8.84. The van der Waals surface area contributed by atoms with Gasteiger partial charge in [-0.1, -0.05) is 23.2 Å². The van der Waals surface area contributed by atoms with E-state index in [9.17, 15) is 0 Å².